The Bertz CT molecular complexity index is 1140. The average Bonchev–Trinajstić information content (AvgIpc) is 3.23. The molecule has 2 heterocycles. The quantitative estimate of drug-likeness (QED) is 0.356. The third-order valence-electron chi connectivity index (χ3n) is 4.55. The fraction of sp³-hybridized carbons (Fsp3) is 0.0833. The number of halogens is 1. The van der Waals surface area contributed by atoms with Gasteiger partial charge in [-0.3, -0.25) is 0 Å². The summed E-state index contributed by atoms with van der Waals surface area (Å²) in [7, 11) is 0. The number of H-pyrrole nitrogens is 1. The highest BCUT2D eigenvalue weighted by molar-refractivity contribution is 7.98. The third-order valence-corrected chi connectivity index (χ3v) is 5.13. The standard InChI is InChI=1S/C24H21FN4S/c1-30-24-28-22(18-9-11-20(25)12-10-18)23(29-24)19-13-15-27-21(16-19)26-14-5-8-17-6-3-2-4-7-17/h2-13,15-16H,14H2,1H3,(H,26,27)(H,28,29)/b8-5+. The lowest BCUT2D eigenvalue weighted by atomic mass is 10.1. The lowest BCUT2D eigenvalue weighted by molar-refractivity contribution is 0.628. The van der Waals surface area contributed by atoms with Gasteiger partial charge in [0.2, 0.25) is 0 Å². The Morgan fingerprint density at radius 2 is 1.83 bits per heavy atom. The summed E-state index contributed by atoms with van der Waals surface area (Å²) in [5, 5.41) is 4.13. The minimum Gasteiger partial charge on any atom is -0.367 e. The molecule has 4 rings (SSSR count). The molecule has 0 aliphatic carbocycles. The van der Waals surface area contributed by atoms with E-state index in [1.807, 2.05) is 36.6 Å². The fourth-order valence-corrected chi connectivity index (χ4v) is 3.47. The lowest BCUT2D eigenvalue weighted by Crippen LogP contribution is -2.00. The molecule has 2 N–H and O–H groups in total. The van der Waals surface area contributed by atoms with Crippen molar-refractivity contribution in [2.24, 2.45) is 0 Å². The normalized spacial score (nSPS) is 11.1. The first kappa shape index (κ1) is 19.9. The van der Waals surface area contributed by atoms with Gasteiger partial charge in [-0.25, -0.2) is 14.4 Å². The van der Waals surface area contributed by atoms with Crippen molar-refractivity contribution in [2.45, 2.75) is 5.16 Å². The van der Waals surface area contributed by atoms with Gasteiger partial charge in [-0.2, -0.15) is 0 Å². The van der Waals surface area contributed by atoms with Crippen molar-refractivity contribution < 1.29 is 4.39 Å². The third kappa shape index (κ3) is 4.78. The van der Waals surface area contributed by atoms with Gasteiger partial charge in [0.1, 0.15) is 11.6 Å². The Hall–Kier alpha value is -3.38. The van der Waals surface area contributed by atoms with Gasteiger partial charge < -0.3 is 10.3 Å². The van der Waals surface area contributed by atoms with E-state index in [0.717, 1.165) is 39.1 Å². The van der Waals surface area contributed by atoms with Crippen molar-refractivity contribution in [1.82, 2.24) is 15.0 Å². The van der Waals surface area contributed by atoms with Crippen molar-refractivity contribution in [3.8, 4) is 22.5 Å². The van der Waals surface area contributed by atoms with E-state index in [2.05, 4.69) is 39.6 Å². The summed E-state index contributed by atoms with van der Waals surface area (Å²) in [6, 6.07) is 20.5. The predicted octanol–water partition coefficient (Wildman–Crippen LogP) is 6.13. The van der Waals surface area contributed by atoms with Gasteiger partial charge in [0.05, 0.1) is 11.4 Å². The van der Waals surface area contributed by atoms with E-state index in [1.165, 1.54) is 23.9 Å². The summed E-state index contributed by atoms with van der Waals surface area (Å²) >= 11 is 1.53. The molecule has 30 heavy (non-hydrogen) atoms. The maximum Gasteiger partial charge on any atom is 0.166 e. The second kappa shape index (κ2) is 9.41. The molecule has 6 heteroatoms. The first-order valence-electron chi connectivity index (χ1n) is 9.55. The van der Waals surface area contributed by atoms with E-state index in [4.69, 9.17) is 4.98 Å². The molecule has 0 saturated carbocycles. The first-order valence-corrected chi connectivity index (χ1v) is 10.8. The second-order valence-corrected chi connectivity index (χ2v) is 7.40. The van der Waals surface area contributed by atoms with Crippen LogP contribution in [-0.4, -0.2) is 27.8 Å². The molecule has 4 aromatic rings. The largest absolute Gasteiger partial charge is 0.367 e. The van der Waals surface area contributed by atoms with E-state index < -0.39 is 0 Å². The number of pyridine rings is 1. The molecule has 0 bridgehead atoms. The molecular formula is C24H21FN4S. The van der Waals surface area contributed by atoms with Crippen LogP contribution in [0.1, 0.15) is 5.56 Å². The van der Waals surface area contributed by atoms with E-state index in [0.29, 0.717) is 6.54 Å². The van der Waals surface area contributed by atoms with Crippen LogP contribution in [0, 0.1) is 5.82 Å². The zero-order chi connectivity index (χ0) is 20.8. The summed E-state index contributed by atoms with van der Waals surface area (Å²) in [4.78, 5) is 12.5. The maximum absolute atomic E-state index is 13.4. The molecule has 2 aromatic heterocycles. The van der Waals surface area contributed by atoms with Crippen LogP contribution in [-0.2, 0) is 0 Å². The molecule has 2 aromatic carbocycles. The van der Waals surface area contributed by atoms with Gasteiger partial charge in [0.15, 0.2) is 5.16 Å². The molecule has 0 spiro atoms. The summed E-state index contributed by atoms with van der Waals surface area (Å²) in [5.41, 5.74) is 4.66. The molecule has 0 fully saturated rings. The van der Waals surface area contributed by atoms with Gasteiger partial charge in [0.25, 0.3) is 0 Å². The number of aromatic amines is 1. The SMILES string of the molecule is CSc1nc(-c2ccnc(NC/C=C/c3ccccc3)c2)c(-c2ccc(F)cc2)[nH]1. The number of imidazole rings is 1. The zero-order valence-electron chi connectivity index (χ0n) is 16.5. The summed E-state index contributed by atoms with van der Waals surface area (Å²) < 4.78 is 13.4. The molecule has 0 radical (unpaired) electrons. The van der Waals surface area contributed by atoms with Crippen molar-refractivity contribution in [1.29, 1.82) is 0 Å². The van der Waals surface area contributed by atoms with Crippen molar-refractivity contribution in [3.05, 3.63) is 90.4 Å². The second-order valence-electron chi connectivity index (χ2n) is 6.60. The Morgan fingerprint density at radius 3 is 2.60 bits per heavy atom. The molecule has 4 nitrogen and oxygen atoms in total. The highest BCUT2D eigenvalue weighted by Gasteiger charge is 2.14. The molecule has 0 saturated heterocycles. The van der Waals surface area contributed by atoms with Crippen LogP contribution in [0.15, 0.2) is 84.2 Å². The molecule has 0 atom stereocenters. The molecule has 0 aliphatic heterocycles. The number of anilines is 1. The monoisotopic (exact) mass is 416 g/mol. The van der Waals surface area contributed by atoms with Crippen molar-refractivity contribution >= 4 is 23.7 Å². The first-order chi connectivity index (χ1) is 14.7. The number of aromatic nitrogens is 3. The van der Waals surface area contributed by atoms with E-state index in [1.54, 1.807) is 18.3 Å². The highest BCUT2D eigenvalue weighted by Crippen LogP contribution is 2.33. The summed E-state index contributed by atoms with van der Waals surface area (Å²) in [6.45, 7) is 0.660. The molecule has 0 unspecified atom stereocenters. The summed E-state index contributed by atoms with van der Waals surface area (Å²) in [5.74, 6) is 0.507. The average molecular weight is 417 g/mol. The minimum absolute atomic E-state index is 0.260. The fourth-order valence-electron chi connectivity index (χ4n) is 3.08. The smallest absolute Gasteiger partial charge is 0.166 e. The molecule has 0 amide bonds. The van der Waals surface area contributed by atoms with Crippen LogP contribution in [0.3, 0.4) is 0 Å². The summed E-state index contributed by atoms with van der Waals surface area (Å²) in [6.07, 6.45) is 7.87. The maximum atomic E-state index is 13.4. The van der Waals surface area contributed by atoms with Gasteiger partial charge >= 0.3 is 0 Å². The van der Waals surface area contributed by atoms with Crippen LogP contribution in [0.5, 0.6) is 0 Å². The number of hydrogen-bond donors (Lipinski definition) is 2. The number of benzene rings is 2. The Kier molecular flexibility index (Phi) is 6.25. The zero-order valence-corrected chi connectivity index (χ0v) is 17.3. The lowest BCUT2D eigenvalue weighted by Gasteiger charge is -2.06. The van der Waals surface area contributed by atoms with Crippen LogP contribution in [0.2, 0.25) is 0 Å². The van der Waals surface area contributed by atoms with Crippen LogP contribution in [0.4, 0.5) is 10.2 Å². The number of rotatable bonds is 7. The number of thioether (sulfide) groups is 1. The van der Waals surface area contributed by atoms with Gasteiger partial charge in [0, 0.05) is 23.9 Å². The van der Waals surface area contributed by atoms with Crippen molar-refractivity contribution in [2.75, 3.05) is 18.1 Å². The van der Waals surface area contributed by atoms with Gasteiger partial charge in [-0.1, -0.05) is 54.2 Å². The minimum atomic E-state index is -0.260. The van der Waals surface area contributed by atoms with E-state index in [-0.39, 0.29) is 5.82 Å². The van der Waals surface area contributed by atoms with Gasteiger partial charge in [-0.05, 0) is 48.2 Å². The van der Waals surface area contributed by atoms with Crippen LogP contribution >= 0.6 is 11.8 Å². The molecule has 0 aliphatic rings. The van der Waals surface area contributed by atoms with Crippen molar-refractivity contribution in [3.63, 3.8) is 0 Å². The number of nitrogens with zero attached hydrogens (tertiary/aromatic N) is 2. The number of nitrogens with one attached hydrogen (secondary N) is 2. The molecular weight excluding hydrogens is 395 g/mol. The van der Waals surface area contributed by atoms with Gasteiger partial charge in [-0.15, -0.1) is 0 Å². The molecule has 150 valence electrons. The van der Waals surface area contributed by atoms with Crippen LogP contribution < -0.4 is 5.32 Å². The highest BCUT2D eigenvalue weighted by atomic mass is 32.2. The van der Waals surface area contributed by atoms with E-state index in [9.17, 15) is 4.39 Å². The van der Waals surface area contributed by atoms with E-state index >= 15 is 0 Å². The Morgan fingerprint density at radius 1 is 1.03 bits per heavy atom. The number of hydrogen-bond acceptors (Lipinski definition) is 4. The topological polar surface area (TPSA) is 53.6 Å². The van der Waals surface area contributed by atoms with Crippen LogP contribution in [0.25, 0.3) is 28.6 Å². The Balaban J connectivity index is 1.55. The predicted molar refractivity (Wildman–Crippen MR) is 123 cm³/mol. The Labute approximate surface area is 179 Å².